The average Bonchev–Trinajstić information content (AvgIpc) is 2.92. The van der Waals surface area contributed by atoms with Crippen LogP contribution in [0.1, 0.15) is 20.8 Å². The first-order valence-electron chi connectivity index (χ1n) is 12.4. The molecule has 34 heavy (non-hydrogen) atoms. The van der Waals surface area contributed by atoms with Crippen LogP contribution >= 0.6 is 7.92 Å². The summed E-state index contributed by atoms with van der Waals surface area (Å²) in [5.41, 5.74) is 2.64. The van der Waals surface area contributed by atoms with Gasteiger partial charge >= 0.3 is 0 Å². The topological polar surface area (TPSA) is 9.23 Å². The lowest BCUT2D eigenvalue weighted by Crippen LogP contribution is -2.47. The molecule has 3 heteroatoms. The Morgan fingerprint density at radius 2 is 1.15 bits per heavy atom. The molecule has 1 nitrogen and oxygen atoms in total. The predicted octanol–water partition coefficient (Wildman–Crippen LogP) is 6.84. The van der Waals surface area contributed by atoms with Crippen LogP contribution in [0.15, 0.2) is 103 Å². The number of ether oxygens (including phenoxy) is 1. The summed E-state index contributed by atoms with van der Waals surface area (Å²) in [5, 5.41) is 5.69. The molecular formula is C31H35OPSi. The second-order valence-corrected chi connectivity index (χ2v) is 16.2. The van der Waals surface area contributed by atoms with Gasteiger partial charge in [0.25, 0.3) is 0 Å². The Kier molecular flexibility index (Phi) is 8.03. The zero-order chi connectivity index (χ0) is 24.0. The second-order valence-electron chi connectivity index (χ2n) is 8.75. The Morgan fingerprint density at radius 3 is 1.68 bits per heavy atom. The molecule has 0 aromatic heterocycles. The third-order valence-corrected chi connectivity index (χ3v) is 15.4. The molecule has 0 saturated heterocycles. The van der Waals surface area contributed by atoms with Gasteiger partial charge in [0, 0.05) is 5.56 Å². The first kappa shape index (κ1) is 24.5. The highest BCUT2D eigenvalue weighted by atomic mass is 31.1. The van der Waals surface area contributed by atoms with E-state index >= 15 is 0 Å². The highest BCUT2D eigenvalue weighted by molar-refractivity contribution is 7.80. The number of benzene rings is 4. The van der Waals surface area contributed by atoms with Crippen molar-refractivity contribution in [2.24, 2.45) is 0 Å². The molecule has 0 N–H and O–H groups in total. The van der Waals surface area contributed by atoms with E-state index in [1.54, 1.807) is 5.19 Å². The molecule has 174 valence electrons. The molecule has 0 aliphatic heterocycles. The van der Waals surface area contributed by atoms with E-state index in [4.69, 9.17) is 4.74 Å². The third kappa shape index (κ3) is 4.63. The van der Waals surface area contributed by atoms with Crippen LogP contribution in [0.5, 0.6) is 5.75 Å². The molecule has 4 aromatic rings. The van der Waals surface area contributed by atoms with E-state index in [0.717, 1.165) is 5.75 Å². The molecule has 4 aromatic carbocycles. The van der Waals surface area contributed by atoms with E-state index in [1.807, 2.05) is 7.11 Å². The molecule has 0 amide bonds. The molecule has 0 fully saturated rings. The second kappa shape index (κ2) is 11.2. The van der Waals surface area contributed by atoms with Crippen LogP contribution in [0.2, 0.25) is 18.1 Å². The Bertz CT molecular complexity index is 1150. The number of hydrogen-bond donors (Lipinski definition) is 0. The van der Waals surface area contributed by atoms with Gasteiger partial charge in [-0.3, -0.25) is 0 Å². The summed E-state index contributed by atoms with van der Waals surface area (Å²) >= 11 is 0. The third-order valence-electron chi connectivity index (χ3n) is 7.29. The largest absolute Gasteiger partial charge is 0.496 e. The van der Waals surface area contributed by atoms with Crippen LogP contribution in [0.4, 0.5) is 0 Å². The van der Waals surface area contributed by atoms with Crippen LogP contribution in [0.3, 0.4) is 0 Å². The quantitative estimate of drug-likeness (QED) is 0.188. The van der Waals surface area contributed by atoms with Gasteiger partial charge in [-0.1, -0.05) is 136 Å². The minimum atomic E-state index is -1.66. The molecule has 0 aliphatic rings. The monoisotopic (exact) mass is 482 g/mol. The summed E-state index contributed by atoms with van der Waals surface area (Å²) < 4.78 is 6.04. The Labute approximate surface area is 207 Å². The van der Waals surface area contributed by atoms with E-state index < -0.39 is 16.0 Å². The molecule has 0 radical (unpaired) electrons. The minimum absolute atomic E-state index is 0.709. The van der Waals surface area contributed by atoms with Gasteiger partial charge in [-0.25, -0.2) is 0 Å². The van der Waals surface area contributed by atoms with E-state index in [2.05, 4.69) is 124 Å². The van der Waals surface area contributed by atoms with Gasteiger partial charge in [0.15, 0.2) is 0 Å². The van der Waals surface area contributed by atoms with Crippen LogP contribution in [0.25, 0.3) is 11.1 Å². The van der Waals surface area contributed by atoms with Gasteiger partial charge in [0.1, 0.15) is 5.75 Å². The van der Waals surface area contributed by atoms with Crippen molar-refractivity contribution in [1.29, 1.82) is 0 Å². The summed E-state index contributed by atoms with van der Waals surface area (Å²) in [6.45, 7) is 7.15. The summed E-state index contributed by atoms with van der Waals surface area (Å²) in [7, 11) is -0.552. The molecule has 0 atom stereocenters. The maximum Gasteiger partial charge on any atom is 0.126 e. The fourth-order valence-corrected chi connectivity index (χ4v) is 11.5. The van der Waals surface area contributed by atoms with E-state index in [9.17, 15) is 0 Å². The van der Waals surface area contributed by atoms with E-state index in [0.29, 0.717) is 0 Å². The highest BCUT2D eigenvalue weighted by Crippen LogP contribution is 2.40. The number of methoxy groups -OCH3 is 1. The summed E-state index contributed by atoms with van der Waals surface area (Å²) in [6.07, 6.45) is 0. The van der Waals surface area contributed by atoms with Gasteiger partial charge in [0.05, 0.1) is 15.2 Å². The van der Waals surface area contributed by atoms with Crippen molar-refractivity contribution in [1.82, 2.24) is 0 Å². The number of rotatable bonds is 9. The molecule has 0 unspecified atom stereocenters. The van der Waals surface area contributed by atoms with E-state index in [-0.39, 0.29) is 0 Å². The van der Waals surface area contributed by atoms with E-state index in [1.165, 1.54) is 45.2 Å². The van der Waals surface area contributed by atoms with Crippen molar-refractivity contribution in [2.45, 2.75) is 38.9 Å². The fraction of sp³-hybridized carbons (Fsp3) is 0.226. The maximum atomic E-state index is 6.04. The minimum Gasteiger partial charge on any atom is -0.496 e. The molecule has 0 saturated carbocycles. The van der Waals surface area contributed by atoms with Crippen LogP contribution in [0, 0.1) is 0 Å². The lowest BCUT2D eigenvalue weighted by molar-refractivity contribution is 0.417. The van der Waals surface area contributed by atoms with Gasteiger partial charge < -0.3 is 4.74 Å². The normalized spacial score (nSPS) is 11.6. The van der Waals surface area contributed by atoms with Crippen molar-refractivity contribution in [2.75, 3.05) is 7.11 Å². The Morgan fingerprint density at radius 1 is 0.618 bits per heavy atom. The first-order chi connectivity index (χ1) is 16.7. The predicted molar refractivity (Wildman–Crippen MR) is 154 cm³/mol. The van der Waals surface area contributed by atoms with Crippen LogP contribution < -0.4 is 25.8 Å². The lowest BCUT2D eigenvalue weighted by Gasteiger charge is -2.33. The van der Waals surface area contributed by atoms with Crippen molar-refractivity contribution >= 4 is 37.1 Å². The van der Waals surface area contributed by atoms with Crippen LogP contribution in [-0.2, 0) is 0 Å². The standard InChI is InChI=1S/C31H35OPSi/c1-5-34(6-2,7-3)30-24-16-22-28(32-4)31(30)27-21-14-15-23-29(27)33(25-17-10-8-11-18-25)26-19-12-9-13-20-26/h8-24H,5-7H2,1-4H3. The van der Waals surface area contributed by atoms with Gasteiger partial charge in [-0.15, -0.1) is 0 Å². The Balaban J connectivity index is 2.03. The van der Waals surface area contributed by atoms with Gasteiger partial charge in [-0.2, -0.15) is 0 Å². The van der Waals surface area contributed by atoms with Crippen molar-refractivity contribution in [3.63, 3.8) is 0 Å². The maximum absolute atomic E-state index is 6.04. The Hall–Kier alpha value is -2.67. The van der Waals surface area contributed by atoms with Crippen molar-refractivity contribution < 1.29 is 4.74 Å². The molecule has 0 spiro atoms. The van der Waals surface area contributed by atoms with Gasteiger partial charge in [-0.05, 0) is 40.7 Å². The fourth-order valence-electron chi connectivity index (χ4n) is 5.20. The van der Waals surface area contributed by atoms with Crippen LogP contribution in [-0.4, -0.2) is 15.2 Å². The molecule has 4 rings (SSSR count). The molecule has 0 bridgehead atoms. The zero-order valence-corrected chi connectivity index (χ0v) is 22.7. The smallest absolute Gasteiger partial charge is 0.126 e. The first-order valence-corrected chi connectivity index (χ1v) is 16.3. The average molecular weight is 483 g/mol. The highest BCUT2D eigenvalue weighted by Gasteiger charge is 2.34. The summed E-state index contributed by atoms with van der Waals surface area (Å²) in [4.78, 5) is 0. The lowest BCUT2D eigenvalue weighted by atomic mass is 10.0. The summed E-state index contributed by atoms with van der Waals surface area (Å²) in [5.74, 6) is 0.994. The molecule has 0 aliphatic carbocycles. The zero-order valence-electron chi connectivity index (χ0n) is 20.8. The summed E-state index contributed by atoms with van der Waals surface area (Å²) in [6, 6.07) is 41.5. The van der Waals surface area contributed by atoms with Crippen molar-refractivity contribution in [3.05, 3.63) is 103 Å². The van der Waals surface area contributed by atoms with Crippen molar-refractivity contribution in [3.8, 4) is 16.9 Å². The van der Waals surface area contributed by atoms with Gasteiger partial charge in [0.2, 0.25) is 0 Å². The molecular weight excluding hydrogens is 447 g/mol. The number of hydrogen-bond acceptors (Lipinski definition) is 1. The molecule has 0 heterocycles. The SMILES string of the molecule is CC[Si](CC)(CC)c1cccc(OC)c1-c1ccccc1P(c1ccccc1)c1ccccc1.